The Morgan fingerprint density at radius 3 is 2.05 bits per heavy atom. The quantitative estimate of drug-likeness (QED) is 0.238. The van der Waals surface area contributed by atoms with Crippen molar-refractivity contribution in [2.24, 2.45) is 0 Å². The van der Waals surface area contributed by atoms with Gasteiger partial charge in [0.2, 0.25) is 10.0 Å². The summed E-state index contributed by atoms with van der Waals surface area (Å²) in [5.41, 5.74) is 0.896. The van der Waals surface area contributed by atoms with Gasteiger partial charge < -0.3 is 4.57 Å². The molecule has 0 spiro atoms. The molecule has 39 heavy (non-hydrogen) atoms. The summed E-state index contributed by atoms with van der Waals surface area (Å²) in [5.74, 6) is 0.0108. The van der Waals surface area contributed by atoms with Crippen molar-refractivity contribution < 1.29 is 34.8 Å². The number of aromatic nitrogens is 1. The minimum Gasteiger partial charge on any atom is -0.343 e. The van der Waals surface area contributed by atoms with Crippen LogP contribution in [0, 0.1) is 0 Å². The Balaban J connectivity index is 1.35. The first-order chi connectivity index (χ1) is 18.3. The second-order valence-corrected chi connectivity index (χ2v) is 11.6. The Hall–Kier alpha value is -3.31. The van der Waals surface area contributed by atoms with Gasteiger partial charge in [-0.3, -0.25) is 0 Å². The molecule has 1 aliphatic heterocycles. The van der Waals surface area contributed by atoms with E-state index in [1.807, 2.05) is 35.0 Å². The first kappa shape index (κ1) is 27.3. The van der Waals surface area contributed by atoms with Crippen LogP contribution in [0.15, 0.2) is 83.9 Å². The smallest absolute Gasteiger partial charge is 0.343 e. The summed E-state index contributed by atoms with van der Waals surface area (Å²) in [6.07, 6.45) is -6.13. The highest BCUT2D eigenvalue weighted by molar-refractivity contribution is 7.89. The van der Waals surface area contributed by atoms with Gasteiger partial charge in [0.25, 0.3) is 0 Å². The molecule has 4 nitrogen and oxygen atoms in total. The van der Waals surface area contributed by atoms with Crippen LogP contribution in [0.5, 0.6) is 0 Å². The lowest BCUT2D eigenvalue weighted by atomic mass is 9.90. The normalized spacial score (nSPS) is 16.2. The molecule has 4 aromatic rings. The van der Waals surface area contributed by atoms with Crippen molar-refractivity contribution in [3.8, 4) is 0 Å². The van der Waals surface area contributed by atoms with Crippen LogP contribution in [0.4, 0.5) is 26.3 Å². The number of hydrogen-bond donors (Lipinski definition) is 0. The number of benzene rings is 3. The van der Waals surface area contributed by atoms with Crippen LogP contribution in [0.1, 0.15) is 41.0 Å². The molecule has 1 saturated heterocycles. The first-order valence-electron chi connectivity index (χ1n) is 12.3. The van der Waals surface area contributed by atoms with Gasteiger partial charge in [-0.2, -0.15) is 30.6 Å². The SMILES string of the molecule is O=S(=O)(c1cccc(C(F)(F)F)c1)N1CCC(c2cn(Cc3ccc(C(F)(F)F)cc3)c3ccccc23)CC1. The Labute approximate surface area is 221 Å². The third-order valence-electron chi connectivity index (χ3n) is 7.15. The maximum atomic E-state index is 13.1. The minimum atomic E-state index is -4.65. The van der Waals surface area contributed by atoms with E-state index in [9.17, 15) is 34.8 Å². The number of para-hydroxylation sites is 1. The maximum Gasteiger partial charge on any atom is 0.416 e. The van der Waals surface area contributed by atoms with Crippen molar-refractivity contribution in [3.05, 3.63) is 101 Å². The van der Waals surface area contributed by atoms with Gasteiger partial charge in [-0.1, -0.05) is 36.4 Å². The second-order valence-electron chi connectivity index (χ2n) is 9.63. The van der Waals surface area contributed by atoms with Crippen molar-refractivity contribution in [2.75, 3.05) is 13.1 Å². The van der Waals surface area contributed by atoms with Gasteiger partial charge in [0.1, 0.15) is 0 Å². The number of sulfonamides is 1. The molecule has 0 radical (unpaired) electrons. The number of piperidine rings is 1. The second kappa shape index (κ2) is 10.0. The van der Waals surface area contributed by atoms with E-state index in [2.05, 4.69) is 0 Å². The lowest BCUT2D eigenvalue weighted by Crippen LogP contribution is -2.38. The van der Waals surface area contributed by atoms with Gasteiger partial charge in [0.05, 0.1) is 16.0 Å². The van der Waals surface area contributed by atoms with E-state index in [-0.39, 0.29) is 23.9 Å². The maximum absolute atomic E-state index is 13.1. The molecule has 0 atom stereocenters. The summed E-state index contributed by atoms with van der Waals surface area (Å²) < 4.78 is 108. The summed E-state index contributed by atoms with van der Waals surface area (Å²) in [5, 5.41) is 0.976. The molecule has 206 valence electrons. The molecule has 0 saturated carbocycles. The Bertz CT molecular complexity index is 1580. The first-order valence-corrected chi connectivity index (χ1v) is 13.7. The van der Waals surface area contributed by atoms with Crippen molar-refractivity contribution in [3.63, 3.8) is 0 Å². The number of halogens is 6. The van der Waals surface area contributed by atoms with Gasteiger partial charge in [-0.15, -0.1) is 0 Å². The molecule has 0 aliphatic carbocycles. The molecule has 1 aliphatic rings. The molecule has 1 fully saturated rings. The zero-order valence-corrected chi connectivity index (χ0v) is 21.3. The number of alkyl halides is 6. The zero-order chi connectivity index (χ0) is 28.0. The molecular weight excluding hydrogens is 542 g/mol. The molecule has 0 bridgehead atoms. The lowest BCUT2D eigenvalue weighted by molar-refractivity contribution is -0.138. The molecular formula is C28H24F6N2O2S. The minimum absolute atomic E-state index is 0.0108. The Morgan fingerprint density at radius 2 is 1.41 bits per heavy atom. The highest BCUT2D eigenvalue weighted by atomic mass is 32.2. The fraction of sp³-hybridized carbons (Fsp3) is 0.286. The number of fused-ring (bicyclic) bond motifs is 1. The van der Waals surface area contributed by atoms with E-state index in [4.69, 9.17) is 0 Å². The van der Waals surface area contributed by atoms with Crippen LogP contribution in [0.25, 0.3) is 10.9 Å². The Morgan fingerprint density at radius 1 is 0.769 bits per heavy atom. The summed E-state index contributed by atoms with van der Waals surface area (Å²) in [4.78, 5) is -0.385. The molecule has 11 heteroatoms. The number of hydrogen-bond acceptors (Lipinski definition) is 2. The predicted molar refractivity (Wildman–Crippen MR) is 135 cm³/mol. The summed E-state index contributed by atoms with van der Waals surface area (Å²) >= 11 is 0. The van der Waals surface area contributed by atoms with Gasteiger partial charge in [0.15, 0.2) is 0 Å². The molecule has 5 rings (SSSR count). The van der Waals surface area contributed by atoms with E-state index in [0.717, 1.165) is 40.7 Å². The third kappa shape index (κ3) is 5.56. The van der Waals surface area contributed by atoms with Crippen molar-refractivity contribution in [2.45, 2.75) is 42.6 Å². The molecule has 0 N–H and O–H groups in total. The van der Waals surface area contributed by atoms with Crippen LogP contribution in [-0.4, -0.2) is 30.4 Å². The van der Waals surface area contributed by atoms with Crippen LogP contribution in [0.2, 0.25) is 0 Å². The highest BCUT2D eigenvalue weighted by Gasteiger charge is 2.35. The standard InChI is InChI=1S/C28H24F6N2O2S/c29-27(30,31)21-10-8-19(9-11-21)17-35-18-25(24-6-1-2-7-26(24)35)20-12-14-36(15-13-20)39(37,38)23-5-3-4-22(16-23)28(32,33)34/h1-11,16,18,20H,12-15,17H2. The molecule has 1 aromatic heterocycles. The monoisotopic (exact) mass is 566 g/mol. The van der Waals surface area contributed by atoms with Crippen LogP contribution < -0.4 is 0 Å². The number of rotatable bonds is 5. The fourth-order valence-electron chi connectivity index (χ4n) is 5.12. The largest absolute Gasteiger partial charge is 0.416 e. The van der Waals surface area contributed by atoms with E-state index in [1.165, 1.54) is 22.5 Å². The highest BCUT2D eigenvalue weighted by Crippen LogP contribution is 2.37. The van der Waals surface area contributed by atoms with Crippen molar-refractivity contribution in [1.29, 1.82) is 0 Å². The molecule has 3 aromatic carbocycles. The van der Waals surface area contributed by atoms with E-state index in [0.29, 0.717) is 31.0 Å². The van der Waals surface area contributed by atoms with Crippen molar-refractivity contribution in [1.82, 2.24) is 8.87 Å². The van der Waals surface area contributed by atoms with Gasteiger partial charge >= 0.3 is 12.4 Å². The number of nitrogens with zero attached hydrogens (tertiary/aromatic N) is 2. The van der Waals surface area contributed by atoms with E-state index in [1.54, 1.807) is 0 Å². The third-order valence-corrected chi connectivity index (χ3v) is 9.04. The molecule has 0 amide bonds. The van der Waals surface area contributed by atoms with Gasteiger partial charge in [-0.05, 0) is 66.3 Å². The summed E-state index contributed by atoms with van der Waals surface area (Å²) in [6.45, 7) is 0.671. The van der Waals surface area contributed by atoms with E-state index >= 15 is 0 Å². The Kier molecular flexibility index (Phi) is 7.00. The van der Waals surface area contributed by atoms with Crippen LogP contribution in [0.3, 0.4) is 0 Å². The van der Waals surface area contributed by atoms with E-state index < -0.39 is 33.5 Å². The van der Waals surface area contributed by atoms with Crippen LogP contribution in [-0.2, 0) is 28.9 Å². The van der Waals surface area contributed by atoms with Crippen LogP contribution >= 0.6 is 0 Å². The average molecular weight is 567 g/mol. The lowest BCUT2D eigenvalue weighted by Gasteiger charge is -2.31. The average Bonchev–Trinajstić information content (AvgIpc) is 3.26. The zero-order valence-electron chi connectivity index (χ0n) is 20.5. The van der Waals surface area contributed by atoms with Crippen molar-refractivity contribution >= 4 is 20.9 Å². The predicted octanol–water partition coefficient (Wildman–Crippen LogP) is 7.30. The summed E-state index contributed by atoms with van der Waals surface area (Å²) in [7, 11) is -4.09. The summed E-state index contributed by atoms with van der Waals surface area (Å²) in [6, 6.07) is 16.4. The van der Waals surface area contributed by atoms with Gasteiger partial charge in [-0.25, -0.2) is 8.42 Å². The fourth-order valence-corrected chi connectivity index (χ4v) is 6.63. The van der Waals surface area contributed by atoms with Gasteiger partial charge in [0, 0.05) is 36.7 Å². The molecule has 0 unspecified atom stereocenters. The topological polar surface area (TPSA) is 42.3 Å². The molecule has 2 heterocycles.